The highest BCUT2D eigenvalue weighted by Gasteiger charge is 2.28. The van der Waals surface area contributed by atoms with E-state index in [1.807, 2.05) is 25.3 Å². The monoisotopic (exact) mass is 297 g/mol. The third-order valence-electron chi connectivity index (χ3n) is 4.10. The Morgan fingerprint density at radius 1 is 1.36 bits per heavy atom. The van der Waals surface area contributed by atoms with Crippen molar-refractivity contribution >= 4 is 5.97 Å². The molecular formula is C17H19N3O2. The van der Waals surface area contributed by atoms with Crippen molar-refractivity contribution in [1.29, 1.82) is 0 Å². The second-order valence-corrected chi connectivity index (χ2v) is 5.68. The van der Waals surface area contributed by atoms with Gasteiger partial charge in [-0.1, -0.05) is 18.2 Å². The average Bonchev–Trinajstić information content (AvgIpc) is 2.96. The molecule has 1 aliphatic heterocycles. The number of aromatic nitrogens is 2. The molecule has 0 bridgehead atoms. The zero-order valence-electron chi connectivity index (χ0n) is 12.6. The Bertz CT molecular complexity index is 687. The molecule has 1 aromatic heterocycles. The van der Waals surface area contributed by atoms with E-state index in [4.69, 9.17) is 0 Å². The lowest BCUT2D eigenvalue weighted by Crippen LogP contribution is -2.24. The van der Waals surface area contributed by atoms with Crippen molar-refractivity contribution < 1.29 is 9.90 Å². The first kappa shape index (κ1) is 14.7. The second kappa shape index (κ2) is 6.23. The summed E-state index contributed by atoms with van der Waals surface area (Å²) >= 11 is 0. The summed E-state index contributed by atoms with van der Waals surface area (Å²) in [5.74, 6) is -0.873. The van der Waals surface area contributed by atoms with E-state index in [0.717, 1.165) is 36.3 Å². The van der Waals surface area contributed by atoms with Crippen LogP contribution >= 0.6 is 0 Å². The van der Waals surface area contributed by atoms with Crippen molar-refractivity contribution in [1.82, 2.24) is 14.9 Å². The number of carboxylic acid groups (broad SMARTS) is 1. The summed E-state index contributed by atoms with van der Waals surface area (Å²) in [6, 6.07) is 7.42. The van der Waals surface area contributed by atoms with E-state index in [9.17, 15) is 9.90 Å². The quantitative estimate of drug-likeness (QED) is 0.940. The van der Waals surface area contributed by atoms with Gasteiger partial charge in [-0.25, -0.2) is 4.79 Å². The predicted octanol–water partition coefficient (Wildman–Crippen LogP) is 2.82. The maximum atomic E-state index is 11.4. The van der Waals surface area contributed by atoms with E-state index in [-0.39, 0.29) is 6.04 Å². The van der Waals surface area contributed by atoms with E-state index >= 15 is 0 Å². The number of aromatic carboxylic acids is 1. The van der Waals surface area contributed by atoms with Crippen molar-refractivity contribution in [2.75, 3.05) is 6.54 Å². The molecule has 1 saturated heterocycles. The molecule has 3 rings (SSSR count). The summed E-state index contributed by atoms with van der Waals surface area (Å²) in [7, 11) is 0. The summed E-state index contributed by atoms with van der Waals surface area (Å²) in [4.78, 5) is 22.5. The van der Waals surface area contributed by atoms with E-state index in [1.165, 1.54) is 0 Å². The predicted molar refractivity (Wildman–Crippen MR) is 82.6 cm³/mol. The first-order valence-electron chi connectivity index (χ1n) is 7.49. The van der Waals surface area contributed by atoms with Crippen molar-refractivity contribution in [3.05, 3.63) is 59.2 Å². The van der Waals surface area contributed by atoms with Crippen LogP contribution in [0.3, 0.4) is 0 Å². The van der Waals surface area contributed by atoms with Gasteiger partial charge < -0.3 is 5.11 Å². The molecule has 1 N–H and O–H groups in total. The molecule has 1 atom stereocenters. The van der Waals surface area contributed by atoms with Crippen LogP contribution in [0.15, 0.2) is 36.7 Å². The van der Waals surface area contributed by atoms with Gasteiger partial charge in [-0.15, -0.1) is 0 Å². The van der Waals surface area contributed by atoms with Gasteiger partial charge >= 0.3 is 5.97 Å². The van der Waals surface area contributed by atoms with Gasteiger partial charge in [-0.3, -0.25) is 14.9 Å². The van der Waals surface area contributed by atoms with Gasteiger partial charge in [0.25, 0.3) is 0 Å². The lowest BCUT2D eigenvalue weighted by Gasteiger charge is -2.24. The fourth-order valence-corrected chi connectivity index (χ4v) is 3.08. The summed E-state index contributed by atoms with van der Waals surface area (Å²) in [6.07, 6.45) is 5.70. The topological polar surface area (TPSA) is 66.3 Å². The molecule has 0 saturated carbocycles. The Labute approximate surface area is 129 Å². The molecular weight excluding hydrogens is 278 g/mol. The molecule has 5 nitrogen and oxygen atoms in total. The van der Waals surface area contributed by atoms with Gasteiger partial charge in [-0.05, 0) is 37.9 Å². The average molecular weight is 297 g/mol. The van der Waals surface area contributed by atoms with E-state index < -0.39 is 5.97 Å². The zero-order chi connectivity index (χ0) is 15.5. The molecule has 5 heteroatoms. The maximum Gasteiger partial charge on any atom is 0.336 e. The highest BCUT2D eigenvalue weighted by molar-refractivity contribution is 5.89. The summed E-state index contributed by atoms with van der Waals surface area (Å²) in [6.45, 7) is 3.52. The van der Waals surface area contributed by atoms with Gasteiger partial charge in [0.1, 0.15) is 0 Å². The molecule has 114 valence electrons. The van der Waals surface area contributed by atoms with Crippen molar-refractivity contribution in [2.24, 2.45) is 0 Å². The second-order valence-electron chi connectivity index (χ2n) is 5.68. The molecule has 1 unspecified atom stereocenters. The van der Waals surface area contributed by atoms with E-state index in [1.54, 1.807) is 18.3 Å². The molecule has 2 heterocycles. The third kappa shape index (κ3) is 2.99. The molecule has 0 radical (unpaired) electrons. The summed E-state index contributed by atoms with van der Waals surface area (Å²) in [5.41, 5.74) is 3.12. The normalized spacial score (nSPS) is 18.5. The molecule has 0 aliphatic carbocycles. The number of hydrogen-bond donors (Lipinski definition) is 1. The van der Waals surface area contributed by atoms with Gasteiger partial charge in [0.05, 0.1) is 23.0 Å². The zero-order valence-corrected chi connectivity index (χ0v) is 12.6. The summed E-state index contributed by atoms with van der Waals surface area (Å²) < 4.78 is 0. The number of nitrogens with zero attached hydrogens (tertiary/aromatic N) is 3. The van der Waals surface area contributed by atoms with Crippen LogP contribution in [0.25, 0.3) is 0 Å². The Morgan fingerprint density at radius 3 is 2.95 bits per heavy atom. The van der Waals surface area contributed by atoms with Gasteiger partial charge in [-0.2, -0.15) is 0 Å². The highest BCUT2D eigenvalue weighted by Crippen LogP contribution is 2.32. The minimum atomic E-state index is -0.873. The Morgan fingerprint density at radius 2 is 2.18 bits per heavy atom. The molecule has 0 spiro atoms. The minimum Gasteiger partial charge on any atom is -0.478 e. The number of aryl methyl sites for hydroxylation is 1. The third-order valence-corrected chi connectivity index (χ3v) is 4.10. The number of likely N-dealkylation sites (tertiary alicyclic amines) is 1. The summed E-state index contributed by atoms with van der Waals surface area (Å²) in [5, 5.41) is 9.32. The highest BCUT2D eigenvalue weighted by atomic mass is 16.4. The number of carbonyl (C=O) groups is 1. The first-order valence-corrected chi connectivity index (χ1v) is 7.49. The van der Waals surface area contributed by atoms with Gasteiger partial charge in [0.2, 0.25) is 0 Å². The lowest BCUT2D eigenvalue weighted by molar-refractivity contribution is 0.0694. The Balaban J connectivity index is 1.84. The number of hydrogen-bond acceptors (Lipinski definition) is 4. The number of benzene rings is 1. The SMILES string of the molecule is Cc1cncc(C2CCCN2Cc2ccccc2C(=O)O)n1. The molecule has 1 fully saturated rings. The largest absolute Gasteiger partial charge is 0.478 e. The van der Waals surface area contributed by atoms with Crippen LogP contribution in [0.1, 0.15) is 46.2 Å². The molecule has 0 amide bonds. The number of carboxylic acids is 1. The molecule has 1 aromatic carbocycles. The maximum absolute atomic E-state index is 11.4. The van der Waals surface area contributed by atoms with Gasteiger partial charge in [0, 0.05) is 18.9 Å². The Kier molecular flexibility index (Phi) is 4.15. The molecule has 1 aliphatic rings. The van der Waals surface area contributed by atoms with Crippen molar-refractivity contribution in [2.45, 2.75) is 32.4 Å². The van der Waals surface area contributed by atoms with Crippen LogP contribution in [0.4, 0.5) is 0 Å². The van der Waals surface area contributed by atoms with Crippen LogP contribution in [-0.2, 0) is 6.54 Å². The smallest absolute Gasteiger partial charge is 0.336 e. The number of rotatable bonds is 4. The Hall–Kier alpha value is -2.27. The van der Waals surface area contributed by atoms with Crippen LogP contribution in [-0.4, -0.2) is 32.5 Å². The standard InChI is InChI=1S/C17H19N3O2/c1-12-9-18-10-15(19-12)16-7-4-8-20(16)11-13-5-2-3-6-14(13)17(21)22/h2-3,5-6,9-10,16H,4,7-8,11H2,1H3,(H,21,22). The van der Waals surface area contributed by atoms with Crippen molar-refractivity contribution in [3.63, 3.8) is 0 Å². The minimum absolute atomic E-state index is 0.217. The lowest BCUT2D eigenvalue weighted by atomic mass is 10.1. The van der Waals surface area contributed by atoms with Crippen LogP contribution in [0, 0.1) is 6.92 Å². The molecule has 2 aromatic rings. The van der Waals surface area contributed by atoms with Crippen LogP contribution in [0.2, 0.25) is 0 Å². The van der Waals surface area contributed by atoms with Crippen LogP contribution < -0.4 is 0 Å². The fourth-order valence-electron chi connectivity index (χ4n) is 3.08. The van der Waals surface area contributed by atoms with Crippen LogP contribution in [0.5, 0.6) is 0 Å². The van der Waals surface area contributed by atoms with Crippen molar-refractivity contribution in [3.8, 4) is 0 Å². The first-order chi connectivity index (χ1) is 10.6. The van der Waals surface area contributed by atoms with Gasteiger partial charge in [0.15, 0.2) is 0 Å². The molecule has 22 heavy (non-hydrogen) atoms. The van der Waals surface area contributed by atoms with E-state index in [2.05, 4.69) is 14.9 Å². The van der Waals surface area contributed by atoms with E-state index in [0.29, 0.717) is 12.1 Å². The fraction of sp³-hybridized carbons (Fsp3) is 0.353.